The Labute approximate surface area is 110 Å². The summed E-state index contributed by atoms with van der Waals surface area (Å²) in [7, 11) is 0. The summed E-state index contributed by atoms with van der Waals surface area (Å²) in [6.07, 6.45) is 1.77. The number of hydrogen-bond donors (Lipinski definition) is 0. The Morgan fingerprint density at radius 1 is 1.00 bits per heavy atom. The van der Waals surface area contributed by atoms with Crippen molar-refractivity contribution < 1.29 is 0 Å². The van der Waals surface area contributed by atoms with E-state index in [1.807, 2.05) is 49.4 Å². The predicted molar refractivity (Wildman–Crippen MR) is 74.7 cm³/mol. The van der Waals surface area contributed by atoms with Crippen LogP contribution in [0, 0.1) is 6.92 Å². The van der Waals surface area contributed by atoms with Crippen LogP contribution in [0.2, 0.25) is 5.02 Å². The summed E-state index contributed by atoms with van der Waals surface area (Å²) >= 11 is 6.17. The normalized spacial score (nSPS) is 10.8. The maximum atomic E-state index is 6.17. The van der Waals surface area contributed by atoms with Crippen molar-refractivity contribution in [1.29, 1.82) is 0 Å². The third-order valence-electron chi connectivity index (χ3n) is 2.92. The van der Waals surface area contributed by atoms with Gasteiger partial charge in [-0.1, -0.05) is 41.9 Å². The van der Waals surface area contributed by atoms with Crippen molar-refractivity contribution in [2.24, 2.45) is 0 Å². The molecule has 0 aliphatic carbocycles. The van der Waals surface area contributed by atoms with E-state index in [0.29, 0.717) is 5.02 Å². The zero-order valence-electron chi connectivity index (χ0n) is 9.89. The van der Waals surface area contributed by atoms with Crippen LogP contribution in [0.15, 0.2) is 48.7 Å². The van der Waals surface area contributed by atoms with E-state index < -0.39 is 0 Å². The summed E-state index contributed by atoms with van der Waals surface area (Å²) in [4.78, 5) is 9.10. The lowest BCUT2D eigenvalue weighted by molar-refractivity contribution is 1.27. The first kappa shape index (κ1) is 11.2. The number of aryl methyl sites for hydroxylation is 1. The van der Waals surface area contributed by atoms with Crippen LogP contribution in [0.25, 0.3) is 22.3 Å². The van der Waals surface area contributed by atoms with Crippen molar-refractivity contribution in [3.63, 3.8) is 0 Å². The number of halogens is 1. The molecule has 0 unspecified atom stereocenters. The van der Waals surface area contributed by atoms with Gasteiger partial charge in [0.1, 0.15) is 0 Å². The first-order valence-corrected chi connectivity index (χ1v) is 6.11. The molecule has 3 aromatic rings. The second kappa shape index (κ2) is 4.39. The molecule has 0 fully saturated rings. The van der Waals surface area contributed by atoms with Gasteiger partial charge in [-0.05, 0) is 24.6 Å². The van der Waals surface area contributed by atoms with Gasteiger partial charge in [-0.3, -0.25) is 4.98 Å². The van der Waals surface area contributed by atoms with Crippen molar-refractivity contribution in [1.82, 2.24) is 9.97 Å². The Kier molecular flexibility index (Phi) is 2.73. The first-order valence-electron chi connectivity index (χ1n) is 5.73. The number of benzene rings is 2. The van der Waals surface area contributed by atoms with Crippen LogP contribution in [0.4, 0.5) is 0 Å². The van der Waals surface area contributed by atoms with Crippen LogP contribution in [-0.2, 0) is 0 Å². The van der Waals surface area contributed by atoms with Gasteiger partial charge in [0.25, 0.3) is 0 Å². The van der Waals surface area contributed by atoms with E-state index in [0.717, 1.165) is 27.9 Å². The van der Waals surface area contributed by atoms with Gasteiger partial charge in [-0.15, -0.1) is 0 Å². The summed E-state index contributed by atoms with van der Waals surface area (Å²) in [6, 6.07) is 13.7. The van der Waals surface area contributed by atoms with Crippen molar-refractivity contribution in [3.8, 4) is 11.3 Å². The van der Waals surface area contributed by atoms with E-state index in [2.05, 4.69) is 9.97 Å². The monoisotopic (exact) mass is 254 g/mol. The lowest BCUT2D eigenvalue weighted by Gasteiger charge is -2.05. The van der Waals surface area contributed by atoms with Crippen LogP contribution in [0.1, 0.15) is 5.56 Å². The highest BCUT2D eigenvalue weighted by Gasteiger charge is 2.06. The smallest absolute Gasteiger partial charge is 0.0916 e. The number of fused-ring (bicyclic) bond motifs is 1. The van der Waals surface area contributed by atoms with Gasteiger partial charge in [0.15, 0.2) is 0 Å². The van der Waals surface area contributed by atoms with Crippen LogP contribution in [-0.4, -0.2) is 9.97 Å². The Balaban J connectivity index is 2.23. The predicted octanol–water partition coefficient (Wildman–Crippen LogP) is 4.26. The second-order valence-electron chi connectivity index (χ2n) is 4.18. The standard InChI is InChI=1S/C15H11ClN2/c1-10-5-4-8-13-15(10)17-9-14(18-13)11-6-2-3-7-12(11)16/h2-9H,1H3. The number of nitrogens with zero attached hydrogens (tertiary/aromatic N) is 2. The van der Waals surface area contributed by atoms with Crippen LogP contribution < -0.4 is 0 Å². The zero-order chi connectivity index (χ0) is 12.5. The van der Waals surface area contributed by atoms with Crippen molar-refractivity contribution >= 4 is 22.6 Å². The molecule has 0 bridgehead atoms. The maximum Gasteiger partial charge on any atom is 0.0916 e. The molecular weight excluding hydrogens is 244 g/mol. The second-order valence-corrected chi connectivity index (χ2v) is 4.58. The number of aromatic nitrogens is 2. The average Bonchev–Trinajstić information content (AvgIpc) is 2.39. The van der Waals surface area contributed by atoms with Crippen molar-refractivity contribution in [2.75, 3.05) is 0 Å². The summed E-state index contributed by atoms with van der Waals surface area (Å²) in [5, 5.41) is 0.693. The van der Waals surface area contributed by atoms with E-state index in [9.17, 15) is 0 Å². The molecular formula is C15H11ClN2. The summed E-state index contributed by atoms with van der Waals surface area (Å²) in [5.74, 6) is 0. The Morgan fingerprint density at radius 3 is 2.67 bits per heavy atom. The molecule has 88 valence electrons. The van der Waals surface area contributed by atoms with Crippen LogP contribution in [0.3, 0.4) is 0 Å². The topological polar surface area (TPSA) is 25.8 Å². The molecule has 1 heterocycles. The molecule has 0 aliphatic heterocycles. The molecule has 3 rings (SSSR count). The third-order valence-corrected chi connectivity index (χ3v) is 3.25. The number of rotatable bonds is 1. The molecule has 0 amide bonds. The van der Waals surface area contributed by atoms with Gasteiger partial charge in [0, 0.05) is 5.56 Å². The van der Waals surface area contributed by atoms with Gasteiger partial charge >= 0.3 is 0 Å². The first-order chi connectivity index (χ1) is 8.75. The minimum Gasteiger partial charge on any atom is -0.252 e. The van der Waals surface area contributed by atoms with Gasteiger partial charge in [-0.25, -0.2) is 4.98 Å². The fourth-order valence-electron chi connectivity index (χ4n) is 1.98. The van der Waals surface area contributed by atoms with Gasteiger partial charge in [0.2, 0.25) is 0 Å². The summed E-state index contributed by atoms with van der Waals surface area (Å²) in [5.41, 5.74) is 4.68. The van der Waals surface area contributed by atoms with E-state index in [1.54, 1.807) is 6.20 Å². The highest BCUT2D eigenvalue weighted by Crippen LogP contribution is 2.26. The molecule has 0 aliphatic rings. The minimum absolute atomic E-state index is 0.693. The highest BCUT2D eigenvalue weighted by atomic mass is 35.5. The lowest BCUT2D eigenvalue weighted by Crippen LogP contribution is -1.90. The molecule has 0 N–H and O–H groups in total. The Morgan fingerprint density at radius 2 is 1.83 bits per heavy atom. The molecule has 2 aromatic carbocycles. The molecule has 0 radical (unpaired) electrons. The van der Waals surface area contributed by atoms with Crippen LogP contribution in [0.5, 0.6) is 0 Å². The van der Waals surface area contributed by atoms with Crippen molar-refractivity contribution in [3.05, 3.63) is 59.2 Å². The van der Waals surface area contributed by atoms with E-state index in [-0.39, 0.29) is 0 Å². The molecule has 0 saturated heterocycles. The minimum atomic E-state index is 0.693. The van der Waals surface area contributed by atoms with E-state index in [1.165, 1.54) is 0 Å². The van der Waals surface area contributed by atoms with Crippen LogP contribution >= 0.6 is 11.6 Å². The van der Waals surface area contributed by atoms with Crippen molar-refractivity contribution in [2.45, 2.75) is 6.92 Å². The molecule has 0 spiro atoms. The van der Waals surface area contributed by atoms with Gasteiger partial charge in [-0.2, -0.15) is 0 Å². The van der Waals surface area contributed by atoms with E-state index in [4.69, 9.17) is 11.6 Å². The summed E-state index contributed by atoms with van der Waals surface area (Å²) in [6.45, 7) is 2.03. The quantitative estimate of drug-likeness (QED) is 0.648. The zero-order valence-corrected chi connectivity index (χ0v) is 10.6. The molecule has 3 heteroatoms. The average molecular weight is 255 g/mol. The highest BCUT2D eigenvalue weighted by molar-refractivity contribution is 6.33. The Bertz CT molecular complexity index is 723. The van der Waals surface area contributed by atoms with Gasteiger partial charge in [0.05, 0.1) is 27.9 Å². The maximum absolute atomic E-state index is 6.17. The fourth-order valence-corrected chi connectivity index (χ4v) is 2.22. The summed E-state index contributed by atoms with van der Waals surface area (Å²) < 4.78 is 0. The molecule has 18 heavy (non-hydrogen) atoms. The number of hydrogen-bond acceptors (Lipinski definition) is 2. The molecule has 1 aromatic heterocycles. The molecule has 0 saturated carbocycles. The number of para-hydroxylation sites is 1. The SMILES string of the molecule is Cc1cccc2nc(-c3ccccc3Cl)cnc12. The Hall–Kier alpha value is -1.93. The van der Waals surface area contributed by atoms with Gasteiger partial charge < -0.3 is 0 Å². The molecule has 0 atom stereocenters. The fraction of sp³-hybridized carbons (Fsp3) is 0.0667. The third kappa shape index (κ3) is 1.85. The lowest BCUT2D eigenvalue weighted by atomic mass is 10.1. The van der Waals surface area contributed by atoms with E-state index >= 15 is 0 Å². The largest absolute Gasteiger partial charge is 0.252 e. The molecule has 2 nitrogen and oxygen atoms in total.